The van der Waals surface area contributed by atoms with Crippen molar-refractivity contribution >= 4 is 21.6 Å². The average Bonchev–Trinajstić information content (AvgIpc) is 2.82. The lowest BCUT2D eigenvalue weighted by Gasteiger charge is -2.09. The van der Waals surface area contributed by atoms with Gasteiger partial charge in [0.05, 0.1) is 11.6 Å². The summed E-state index contributed by atoms with van der Waals surface area (Å²) < 4.78 is 28.7. The summed E-state index contributed by atoms with van der Waals surface area (Å²) in [5, 5.41) is 0.162. The molecule has 108 valence electrons. The summed E-state index contributed by atoms with van der Waals surface area (Å²) in [4.78, 5) is 4.08. The van der Waals surface area contributed by atoms with E-state index in [1.807, 2.05) is 0 Å². The molecular weight excluding hydrogens is 300 g/mol. The van der Waals surface area contributed by atoms with Crippen molar-refractivity contribution < 1.29 is 8.42 Å². The standard InChI is InChI=1S/C12H15ClN4O2S/c1-17-5-4-15-12(17)8-16-20(18,19)11-6-9(7-14)2-3-10(11)13/h2-6,16H,7-8,14H2,1H3. The Kier molecular flexibility index (Phi) is 4.44. The van der Waals surface area contributed by atoms with E-state index >= 15 is 0 Å². The first-order valence-electron chi connectivity index (χ1n) is 5.88. The number of halogens is 1. The van der Waals surface area contributed by atoms with Crippen molar-refractivity contribution in [3.8, 4) is 0 Å². The summed E-state index contributed by atoms with van der Waals surface area (Å²) in [7, 11) is -1.92. The van der Waals surface area contributed by atoms with E-state index in [0.29, 0.717) is 11.4 Å². The summed E-state index contributed by atoms with van der Waals surface area (Å²) in [6.07, 6.45) is 3.34. The number of aryl methyl sites for hydroxylation is 1. The number of imidazole rings is 1. The van der Waals surface area contributed by atoms with E-state index in [1.54, 1.807) is 30.1 Å². The van der Waals surface area contributed by atoms with Gasteiger partial charge in [-0.05, 0) is 17.7 Å². The average molecular weight is 315 g/mol. The second-order valence-corrected chi connectivity index (χ2v) is 6.39. The Labute approximate surface area is 122 Å². The number of sulfonamides is 1. The fourth-order valence-corrected chi connectivity index (χ4v) is 3.21. The van der Waals surface area contributed by atoms with E-state index in [0.717, 1.165) is 0 Å². The molecule has 0 aliphatic carbocycles. The molecule has 20 heavy (non-hydrogen) atoms. The number of aromatic nitrogens is 2. The molecule has 1 aromatic heterocycles. The van der Waals surface area contributed by atoms with Crippen molar-refractivity contribution in [2.75, 3.05) is 0 Å². The molecule has 0 saturated carbocycles. The lowest BCUT2D eigenvalue weighted by molar-refractivity contribution is 0.577. The predicted octanol–water partition coefficient (Wildman–Crippen LogP) is 1.01. The Balaban J connectivity index is 2.24. The highest BCUT2D eigenvalue weighted by atomic mass is 35.5. The Bertz CT molecular complexity index is 712. The zero-order chi connectivity index (χ0) is 14.8. The van der Waals surface area contributed by atoms with Gasteiger partial charge in [0.15, 0.2) is 0 Å². The Morgan fingerprint density at radius 2 is 2.20 bits per heavy atom. The number of hydrogen-bond donors (Lipinski definition) is 2. The van der Waals surface area contributed by atoms with E-state index in [1.165, 1.54) is 12.1 Å². The first-order chi connectivity index (χ1) is 9.44. The normalized spacial score (nSPS) is 11.8. The Morgan fingerprint density at radius 1 is 1.45 bits per heavy atom. The molecule has 0 aliphatic heterocycles. The van der Waals surface area contributed by atoms with Gasteiger partial charge in [-0.1, -0.05) is 17.7 Å². The van der Waals surface area contributed by atoms with Crippen molar-refractivity contribution in [3.63, 3.8) is 0 Å². The van der Waals surface area contributed by atoms with Gasteiger partial charge in [-0.2, -0.15) is 0 Å². The van der Waals surface area contributed by atoms with Crippen LogP contribution in [0.15, 0.2) is 35.5 Å². The highest BCUT2D eigenvalue weighted by Crippen LogP contribution is 2.22. The van der Waals surface area contributed by atoms with Crippen LogP contribution >= 0.6 is 11.6 Å². The van der Waals surface area contributed by atoms with Gasteiger partial charge in [0.25, 0.3) is 0 Å². The van der Waals surface area contributed by atoms with E-state index in [2.05, 4.69) is 9.71 Å². The maximum absolute atomic E-state index is 12.3. The fraction of sp³-hybridized carbons (Fsp3) is 0.250. The fourth-order valence-electron chi connectivity index (χ4n) is 1.68. The quantitative estimate of drug-likeness (QED) is 0.862. The molecule has 8 heteroatoms. The molecule has 3 N–H and O–H groups in total. The lowest BCUT2D eigenvalue weighted by atomic mass is 10.2. The third-order valence-corrected chi connectivity index (χ3v) is 4.74. The van der Waals surface area contributed by atoms with Crippen LogP contribution in [-0.2, 0) is 30.2 Å². The summed E-state index contributed by atoms with van der Waals surface area (Å²) in [5.74, 6) is 0.611. The van der Waals surface area contributed by atoms with E-state index in [-0.39, 0.29) is 23.0 Å². The van der Waals surface area contributed by atoms with Gasteiger partial charge < -0.3 is 10.3 Å². The highest BCUT2D eigenvalue weighted by Gasteiger charge is 2.18. The molecule has 2 rings (SSSR count). The molecule has 0 fully saturated rings. The minimum Gasteiger partial charge on any atom is -0.337 e. The van der Waals surface area contributed by atoms with Crippen molar-refractivity contribution in [1.82, 2.24) is 14.3 Å². The van der Waals surface area contributed by atoms with Gasteiger partial charge >= 0.3 is 0 Å². The number of nitrogens with zero attached hydrogens (tertiary/aromatic N) is 2. The summed E-state index contributed by atoms with van der Waals surface area (Å²) in [6.45, 7) is 0.341. The van der Waals surface area contributed by atoms with E-state index in [4.69, 9.17) is 17.3 Å². The van der Waals surface area contributed by atoms with Crippen LogP contribution in [0.2, 0.25) is 5.02 Å². The maximum atomic E-state index is 12.3. The molecule has 0 amide bonds. The molecule has 2 aromatic rings. The number of hydrogen-bond acceptors (Lipinski definition) is 4. The number of rotatable bonds is 5. The van der Waals surface area contributed by atoms with Crippen LogP contribution in [0.3, 0.4) is 0 Å². The van der Waals surface area contributed by atoms with Crippen molar-refractivity contribution in [1.29, 1.82) is 0 Å². The Morgan fingerprint density at radius 3 is 2.80 bits per heavy atom. The molecule has 0 radical (unpaired) electrons. The number of benzene rings is 1. The molecule has 6 nitrogen and oxygen atoms in total. The van der Waals surface area contributed by atoms with Gasteiger partial charge in [0.2, 0.25) is 10.0 Å². The summed E-state index contributed by atoms with van der Waals surface area (Å²) in [5.41, 5.74) is 6.21. The Hall–Kier alpha value is -1.41. The molecule has 0 unspecified atom stereocenters. The van der Waals surface area contributed by atoms with Crippen LogP contribution in [0.25, 0.3) is 0 Å². The predicted molar refractivity (Wildman–Crippen MR) is 76.6 cm³/mol. The van der Waals surface area contributed by atoms with Crippen LogP contribution in [0.4, 0.5) is 0 Å². The van der Waals surface area contributed by atoms with Crippen LogP contribution in [0, 0.1) is 0 Å². The third kappa shape index (κ3) is 3.18. The smallest absolute Gasteiger partial charge is 0.242 e. The largest absolute Gasteiger partial charge is 0.337 e. The number of nitrogens with one attached hydrogen (secondary N) is 1. The molecule has 0 aliphatic rings. The topological polar surface area (TPSA) is 90.0 Å². The van der Waals surface area contributed by atoms with Crippen molar-refractivity contribution in [2.24, 2.45) is 12.8 Å². The zero-order valence-corrected chi connectivity index (χ0v) is 12.4. The maximum Gasteiger partial charge on any atom is 0.242 e. The first kappa shape index (κ1) is 15.0. The van der Waals surface area contributed by atoms with Crippen molar-refractivity contribution in [2.45, 2.75) is 18.0 Å². The summed E-state index contributed by atoms with van der Waals surface area (Å²) in [6, 6.07) is 4.70. The molecule has 1 heterocycles. The lowest BCUT2D eigenvalue weighted by Crippen LogP contribution is -2.25. The SMILES string of the molecule is Cn1ccnc1CNS(=O)(=O)c1cc(CN)ccc1Cl. The minimum atomic E-state index is -3.71. The van der Waals surface area contributed by atoms with Gasteiger partial charge in [-0.15, -0.1) is 0 Å². The molecule has 0 bridgehead atoms. The van der Waals surface area contributed by atoms with Crippen LogP contribution < -0.4 is 10.5 Å². The monoisotopic (exact) mass is 314 g/mol. The van der Waals surface area contributed by atoms with Gasteiger partial charge in [-0.3, -0.25) is 0 Å². The van der Waals surface area contributed by atoms with Crippen LogP contribution in [0.5, 0.6) is 0 Å². The second-order valence-electron chi connectivity index (χ2n) is 4.25. The molecule has 1 aromatic carbocycles. The molecular formula is C12H15ClN4O2S. The minimum absolute atomic E-state index is 0.0244. The highest BCUT2D eigenvalue weighted by molar-refractivity contribution is 7.89. The zero-order valence-electron chi connectivity index (χ0n) is 10.9. The third-order valence-electron chi connectivity index (χ3n) is 2.86. The van der Waals surface area contributed by atoms with E-state index in [9.17, 15) is 8.42 Å². The molecule has 0 spiro atoms. The number of nitrogens with two attached hydrogens (primary N) is 1. The molecule has 0 atom stereocenters. The summed E-state index contributed by atoms with van der Waals surface area (Å²) >= 11 is 5.95. The van der Waals surface area contributed by atoms with Crippen LogP contribution in [-0.4, -0.2) is 18.0 Å². The van der Waals surface area contributed by atoms with Gasteiger partial charge in [0.1, 0.15) is 10.7 Å². The van der Waals surface area contributed by atoms with Gasteiger partial charge in [0, 0.05) is 26.0 Å². The van der Waals surface area contributed by atoms with Crippen molar-refractivity contribution in [3.05, 3.63) is 47.0 Å². The van der Waals surface area contributed by atoms with Gasteiger partial charge in [-0.25, -0.2) is 18.1 Å². The van der Waals surface area contributed by atoms with E-state index < -0.39 is 10.0 Å². The van der Waals surface area contributed by atoms with Crippen LogP contribution in [0.1, 0.15) is 11.4 Å². The second kappa shape index (κ2) is 5.92. The molecule has 0 saturated heterocycles. The first-order valence-corrected chi connectivity index (χ1v) is 7.74.